The predicted octanol–water partition coefficient (Wildman–Crippen LogP) is 6.89. The lowest BCUT2D eigenvalue weighted by Crippen LogP contribution is -2.28. The highest BCUT2D eigenvalue weighted by Crippen LogP contribution is 2.40. The summed E-state index contributed by atoms with van der Waals surface area (Å²) in [7, 11) is 0. The Morgan fingerprint density at radius 1 is 1.11 bits per heavy atom. The summed E-state index contributed by atoms with van der Waals surface area (Å²) in [5.41, 5.74) is 2.29. The van der Waals surface area contributed by atoms with Crippen molar-refractivity contribution >= 4 is 56.5 Å². The van der Waals surface area contributed by atoms with Crippen molar-refractivity contribution in [1.82, 2.24) is 4.90 Å². The van der Waals surface area contributed by atoms with Crippen LogP contribution < -0.4 is 9.47 Å². The molecule has 1 aliphatic heterocycles. The summed E-state index contributed by atoms with van der Waals surface area (Å²) in [6.07, 6.45) is 1.77. The third-order valence-electron chi connectivity index (χ3n) is 5.47. The first-order valence-corrected chi connectivity index (χ1v) is 13.4. The van der Waals surface area contributed by atoms with E-state index in [2.05, 4.69) is 20.9 Å². The van der Waals surface area contributed by atoms with Crippen molar-refractivity contribution in [3.8, 4) is 11.5 Å². The lowest BCUT2D eigenvalue weighted by Gasteiger charge is -2.15. The van der Waals surface area contributed by atoms with Crippen molar-refractivity contribution in [2.75, 3.05) is 13.2 Å². The Balaban J connectivity index is 1.58. The van der Waals surface area contributed by atoms with E-state index in [9.17, 15) is 14.0 Å². The Morgan fingerprint density at radius 3 is 2.45 bits per heavy atom. The van der Waals surface area contributed by atoms with Crippen LogP contribution in [0.3, 0.4) is 0 Å². The molecule has 0 aliphatic carbocycles. The van der Waals surface area contributed by atoms with Gasteiger partial charge >= 0.3 is 5.97 Å². The third-order valence-corrected chi connectivity index (χ3v) is 7.06. The maximum Gasteiger partial charge on any atom is 0.335 e. The van der Waals surface area contributed by atoms with Crippen molar-refractivity contribution in [2.45, 2.75) is 20.5 Å². The Labute approximate surface area is 232 Å². The number of aliphatic imine (C=N–C) groups is 1. The van der Waals surface area contributed by atoms with Gasteiger partial charge in [0.25, 0.3) is 5.91 Å². The fraction of sp³-hybridized carbons (Fsp3) is 0.179. The monoisotopic (exact) mass is 598 g/mol. The maximum absolute atomic E-state index is 13.3. The van der Waals surface area contributed by atoms with Crippen LogP contribution in [-0.4, -0.2) is 40.2 Å². The van der Waals surface area contributed by atoms with Gasteiger partial charge in [-0.1, -0.05) is 12.1 Å². The number of carboxylic acids is 1. The van der Waals surface area contributed by atoms with Gasteiger partial charge in [-0.3, -0.25) is 9.69 Å². The average Bonchev–Trinajstić information content (AvgIpc) is 3.18. The van der Waals surface area contributed by atoms with Crippen LogP contribution in [0.15, 0.2) is 75.0 Å². The number of ether oxygens (including phenoxy) is 2. The quantitative estimate of drug-likeness (QED) is 0.270. The summed E-state index contributed by atoms with van der Waals surface area (Å²) in [5.74, 6) is -0.512. The number of likely N-dealkylation sites (N-methyl/N-ethyl adjacent to an activating group) is 1. The molecule has 0 saturated carbocycles. The van der Waals surface area contributed by atoms with Crippen LogP contribution in [0.25, 0.3) is 6.08 Å². The Kier molecular flexibility index (Phi) is 8.85. The highest BCUT2D eigenvalue weighted by atomic mass is 79.9. The minimum atomic E-state index is -0.988. The fourth-order valence-electron chi connectivity index (χ4n) is 3.62. The molecule has 10 heteroatoms. The Hall–Kier alpha value is -3.63. The van der Waals surface area contributed by atoms with Gasteiger partial charge in [-0.25, -0.2) is 14.2 Å². The molecule has 0 atom stereocenters. The van der Waals surface area contributed by atoms with Crippen molar-refractivity contribution < 1.29 is 28.6 Å². The summed E-state index contributed by atoms with van der Waals surface area (Å²) in [5, 5.41) is 9.60. The molecule has 3 aromatic rings. The molecule has 0 radical (unpaired) electrons. The van der Waals surface area contributed by atoms with Gasteiger partial charge in [0.2, 0.25) is 0 Å². The second-order valence-corrected chi connectivity index (χ2v) is 9.95. The maximum atomic E-state index is 13.3. The van der Waals surface area contributed by atoms with E-state index in [1.807, 2.05) is 19.9 Å². The number of amides is 1. The molecule has 0 unspecified atom stereocenters. The molecule has 38 heavy (non-hydrogen) atoms. The van der Waals surface area contributed by atoms with E-state index in [1.165, 1.54) is 36.0 Å². The largest absolute Gasteiger partial charge is 0.490 e. The molecule has 7 nitrogen and oxygen atoms in total. The smallest absolute Gasteiger partial charge is 0.335 e. The van der Waals surface area contributed by atoms with Crippen LogP contribution in [0, 0.1) is 5.82 Å². The summed E-state index contributed by atoms with van der Waals surface area (Å²) >= 11 is 4.81. The normalized spacial score (nSPS) is 15.4. The number of rotatable bonds is 9. The van der Waals surface area contributed by atoms with Gasteiger partial charge in [-0.15, -0.1) is 0 Å². The van der Waals surface area contributed by atoms with Crippen LogP contribution in [0.1, 0.15) is 35.3 Å². The van der Waals surface area contributed by atoms with Crippen molar-refractivity contribution in [3.05, 3.63) is 92.5 Å². The first-order valence-electron chi connectivity index (χ1n) is 11.8. The Bertz CT molecular complexity index is 1410. The Morgan fingerprint density at radius 2 is 1.82 bits per heavy atom. The van der Waals surface area contributed by atoms with E-state index in [1.54, 1.807) is 41.3 Å². The number of hydrogen-bond donors (Lipinski definition) is 1. The molecule has 1 N–H and O–H groups in total. The van der Waals surface area contributed by atoms with Gasteiger partial charge in [-0.05, 0) is 107 Å². The zero-order valence-corrected chi connectivity index (χ0v) is 23.0. The summed E-state index contributed by atoms with van der Waals surface area (Å²) < 4.78 is 25.7. The predicted molar refractivity (Wildman–Crippen MR) is 149 cm³/mol. The molecule has 1 fully saturated rings. The van der Waals surface area contributed by atoms with Gasteiger partial charge in [0.1, 0.15) is 12.4 Å². The lowest BCUT2D eigenvalue weighted by molar-refractivity contribution is -0.122. The van der Waals surface area contributed by atoms with Gasteiger partial charge in [0, 0.05) is 6.54 Å². The van der Waals surface area contributed by atoms with Crippen molar-refractivity contribution in [2.24, 2.45) is 4.99 Å². The van der Waals surface area contributed by atoms with Gasteiger partial charge < -0.3 is 14.6 Å². The van der Waals surface area contributed by atoms with E-state index in [0.29, 0.717) is 44.9 Å². The topological polar surface area (TPSA) is 88.4 Å². The number of carbonyl (C=O) groups is 2. The number of thioether (sulfide) groups is 1. The second kappa shape index (κ2) is 12.3. The van der Waals surface area contributed by atoms with Gasteiger partial charge in [0.15, 0.2) is 16.7 Å². The highest BCUT2D eigenvalue weighted by molar-refractivity contribution is 9.10. The number of carbonyl (C=O) groups excluding carboxylic acids is 1. The molecule has 0 aromatic heterocycles. The second-order valence-electron chi connectivity index (χ2n) is 8.08. The molecule has 196 valence electrons. The number of nitrogens with zero attached hydrogens (tertiary/aromatic N) is 2. The lowest BCUT2D eigenvalue weighted by atomic mass is 10.1. The minimum absolute atomic E-state index is 0.169. The molecular formula is C28H24BrFN2O5S. The zero-order chi connectivity index (χ0) is 27.2. The van der Waals surface area contributed by atoms with E-state index < -0.39 is 5.97 Å². The first-order chi connectivity index (χ1) is 18.3. The van der Waals surface area contributed by atoms with Crippen LogP contribution in [0.2, 0.25) is 0 Å². The van der Waals surface area contributed by atoms with E-state index in [0.717, 1.165) is 11.1 Å². The average molecular weight is 599 g/mol. The van der Waals surface area contributed by atoms with Crippen molar-refractivity contribution in [1.29, 1.82) is 0 Å². The third kappa shape index (κ3) is 6.43. The van der Waals surface area contributed by atoms with Crippen LogP contribution >= 0.6 is 27.7 Å². The number of hydrogen-bond acceptors (Lipinski definition) is 6. The molecule has 1 saturated heterocycles. The SMILES string of the molecule is CCOc1cc(/C=C2/SC(=Nc3ccc(F)cc3)N(CC)C2=O)cc(Br)c1OCc1ccc(C(=O)O)cc1. The van der Waals surface area contributed by atoms with E-state index in [4.69, 9.17) is 14.6 Å². The zero-order valence-electron chi connectivity index (χ0n) is 20.6. The molecule has 4 rings (SSSR count). The highest BCUT2D eigenvalue weighted by Gasteiger charge is 2.32. The fourth-order valence-corrected chi connectivity index (χ4v) is 5.26. The summed E-state index contributed by atoms with van der Waals surface area (Å²) in [6, 6.07) is 15.9. The van der Waals surface area contributed by atoms with Crippen LogP contribution in [0.5, 0.6) is 11.5 Å². The first kappa shape index (κ1) is 27.4. The van der Waals surface area contributed by atoms with Crippen LogP contribution in [0.4, 0.5) is 10.1 Å². The number of amidine groups is 1. The van der Waals surface area contributed by atoms with E-state index >= 15 is 0 Å². The minimum Gasteiger partial charge on any atom is -0.490 e. The molecule has 1 heterocycles. The molecule has 0 bridgehead atoms. The molecular weight excluding hydrogens is 575 g/mol. The number of halogens is 2. The van der Waals surface area contributed by atoms with Gasteiger partial charge in [0.05, 0.1) is 27.2 Å². The van der Waals surface area contributed by atoms with E-state index in [-0.39, 0.29) is 23.9 Å². The molecule has 3 aromatic carbocycles. The summed E-state index contributed by atoms with van der Waals surface area (Å²) in [4.78, 5) is 30.7. The summed E-state index contributed by atoms with van der Waals surface area (Å²) in [6.45, 7) is 4.79. The molecule has 1 aliphatic rings. The number of benzene rings is 3. The van der Waals surface area contributed by atoms with Gasteiger partial charge in [-0.2, -0.15) is 0 Å². The number of carboxylic acid groups (broad SMARTS) is 1. The van der Waals surface area contributed by atoms with Crippen molar-refractivity contribution in [3.63, 3.8) is 0 Å². The molecule has 1 amide bonds. The number of aromatic carboxylic acids is 1. The van der Waals surface area contributed by atoms with Crippen LogP contribution in [-0.2, 0) is 11.4 Å². The molecule has 0 spiro atoms. The standard InChI is InChI=1S/C28H24BrFN2O5S/c1-3-32-26(33)24(38-28(32)31-21-11-9-20(30)10-12-21)15-18-13-22(29)25(23(14-18)36-4-2)37-16-17-5-7-19(8-6-17)27(34)35/h5-15H,3-4,16H2,1-2H3,(H,34,35)/b24-15+,31-28?.